The maximum atomic E-state index is 5.57. The molecule has 0 fully saturated rings. The van der Waals surface area contributed by atoms with Gasteiger partial charge in [-0.25, -0.2) is 0 Å². The molecule has 0 radical (unpaired) electrons. The molecule has 1 rings (SSSR count). The van der Waals surface area contributed by atoms with Gasteiger partial charge >= 0.3 is 0 Å². The van der Waals surface area contributed by atoms with Crippen LogP contribution < -0.4 is 14.2 Å². The third-order valence-corrected chi connectivity index (χ3v) is 3.55. The van der Waals surface area contributed by atoms with E-state index >= 15 is 0 Å². The van der Waals surface area contributed by atoms with E-state index < -0.39 is 0 Å². The second kappa shape index (κ2) is 9.19. The summed E-state index contributed by atoms with van der Waals surface area (Å²) in [4.78, 5) is 2.14. The van der Waals surface area contributed by atoms with E-state index in [0.29, 0.717) is 30.4 Å². The Bertz CT molecular complexity index is 485. The van der Waals surface area contributed by atoms with E-state index in [9.17, 15) is 0 Å². The zero-order chi connectivity index (χ0) is 16.5. The van der Waals surface area contributed by atoms with E-state index in [0.717, 1.165) is 12.1 Å². The van der Waals surface area contributed by atoms with Crippen LogP contribution in [-0.2, 0) is 11.3 Å². The van der Waals surface area contributed by atoms with Crippen molar-refractivity contribution in [2.24, 2.45) is 0 Å². The van der Waals surface area contributed by atoms with Crippen LogP contribution in [0.4, 0.5) is 0 Å². The van der Waals surface area contributed by atoms with E-state index in [1.165, 1.54) is 0 Å². The Labute approximate surface area is 133 Å². The summed E-state index contributed by atoms with van der Waals surface area (Å²) in [6.45, 7) is 3.91. The molecule has 0 spiro atoms. The topological polar surface area (TPSA) is 40.2 Å². The molecule has 0 aliphatic rings. The average Bonchev–Trinajstić information content (AvgIpc) is 2.57. The van der Waals surface area contributed by atoms with Gasteiger partial charge in [0.1, 0.15) is 17.2 Å². The molecule has 0 aromatic heterocycles. The van der Waals surface area contributed by atoms with E-state index in [1.807, 2.05) is 19.1 Å². The maximum Gasteiger partial charge on any atom is 0.130 e. The van der Waals surface area contributed by atoms with Crippen molar-refractivity contribution < 1.29 is 18.9 Å². The van der Waals surface area contributed by atoms with Crippen LogP contribution in [0.15, 0.2) is 12.1 Å². The summed E-state index contributed by atoms with van der Waals surface area (Å²) in [6, 6.07) is 3.66. The lowest BCUT2D eigenvalue weighted by atomic mass is 10.1. The second-order valence-corrected chi connectivity index (χ2v) is 4.82. The van der Waals surface area contributed by atoms with Crippen molar-refractivity contribution >= 4 is 0 Å². The van der Waals surface area contributed by atoms with Crippen molar-refractivity contribution in [1.29, 1.82) is 0 Å². The fourth-order valence-corrected chi connectivity index (χ4v) is 2.16. The molecule has 0 unspecified atom stereocenters. The van der Waals surface area contributed by atoms with Gasteiger partial charge in [0.25, 0.3) is 0 Å². The Kier molecular flexibility index (Phi) is 7.58. The van der Waals surface area contributed by atoms with Crippen molar-refractivity contribution in [2.75, 3.05) is 41.6 Å². The fraction of sp³-hybridized carbons (Fsp3) is 0.529. The zero-order valence-electron chi connectivity index (χ0n) is 14.0. The van der Waals surface area contributed by atoms with E-state index in [-0.39, 0.29) is 6.04 Å². The first-order chi connectivity index (χ1) is 10.6. The molecule has 0 amide bonds. The predicted octanol–water partition coefficient (Wildman–Crippen LogP) is 2.18. The molecule has 1 aromatic rings. The van der Waals surface area contributed by atoms with Crippen LogP contribution >= 0.6 is 0 Å². The van der Waals surface area contributed by atoms with Crippen molar-refractivity contribution in [3.05, 3.63) is 17.7 Å². The molecule has 0 heterocycles. The Hall–Kier alpha value is -1.90. The highest BCUT2D eigenvalue weighted by Gasteiger charge is 2.19. The van der Waals surface area contributed by atoms with Crippen LogP contribution in [0.25, 0.3) is 0 Å². The highest BCUT2D eigenvalue weighted by atomic mass is 16.5. The van der Waals surface area contributed by atoms with Crippen LogP contribution in [-0.4, -0.2) is 52.5 Å². The van der Waals surface area contributed by atoms with Crippen LogP contribution in [0.1, 0.15) is 12.5 Å². The van der Waals surface area contributed by atoms with Gasteiger partial charge < -0.3 is 18.9 Å². The number of benzene rings is 1. The summed E-state index contributed by atoms with van der Waals surface area (Å²) in [5.41, 5.74) is 0.934. The lowest BCUT2D eigenvalue weighted by Crippen LogP contribution is -2.34. The van der Waals surface area contributed by atoms with E-state index in [1.54, 1.807) is 28.4 Å². The van der Waals surface area contributed by atoms with E-state index in [4.69, 9.17) is 25.4 Å². The molecule has 0 bridgehead atoms. The summed E-state index contributed by atoms with van der Waals surface area (Å²) in [6.07, 6.45) is 5.57. The lowest BCUT2D eigenvalue weighted by molar-refractivity contribution is 0.133. The molecule has 1 atom stereocenters. The third kappa shape index (κ3) is 4.55. The van der Waals surface area contributed by atoms with Crippen LogP contribution in [0, 0.1) is 12.3 Å². The van der Waals surface area contributed by atoms with Gasteiger partial charge in [-0.1, -0.05) is 5.92 Å². The molecule has 0 N–H and O–H groups in total. The minimum atomic E-state index is -0.0216. The van der Waals surface area contributed by atoms with Crippen molar-refractivity contribution in [3.8, 4) is 29.6 Å². The molecule has 5 heteroatoms. The summed E-state index contributed by atoms with van der Waals surface area (Å²) in [5.74, 6) is 4.86. The van der Waals surface area contributed by atoms with Crippen molar-refractivity contribution in [1.82, 2.24) is 4.90 Å². The first-order valence-electron chi connectivity index (χ1n) is 7.09. The lowest BCUT2D eigenvalue weighted by Gasteiger charge is -2.27. The molecule has 22 heavy (non-hydrogen) atoms. The van der Waals surface area contributed by atoms with E-state index in [2.05, 4.69) is 10.8 Å². The number of nitrogens with zero attached hydrogens (tertiary/aromatic N) is 1. The summed E-state index contributed by atoms with van der Waals surface area (Å²) < 4.78 is 21.4. The van der Waals surface area contributed by atoms with Crippen LogP contribution in [0.2, 0.25) is 0 Å². The smallest absolute Gasteiger partial charge is 0.130 e. The first-order valence-corrected chi connectivity index (χ1v) is 7.09. The van der Waals surface area contributed by atoms with Gasteiger partial charge in [0.15, 0.2) is 0 Å². The summed E-state index contributed by atoms with van der Waals surface area (Å²) in [5, 5.41) is 0. The molecule has 0 saturated carbocycles. The second-order valence-electron chi connectivity index (χ2n) is 4.82. The highest BCUT2D eigenvalue weighted by molar-refractivity contribution is 5.50. The molecule has 122 valence electrons. The monoisotopic (exact) mass is 307 g/mol. The quantitative estimate of drug-likeness (QED) is 0.654. The Morgan fingerprint density at radius 3 is 2.09 bits per heavy atom. The number of rotatable bonds is 9. The van der Waals surface area contributed by atoms with Gasteiger partial charge in [0.05, 0.1) is 39.5 Å². The third-order valence-electron chi connectivity index (χ3n) is 3.55. The standard InChI is InChI=1S/C17H25NO4/c1-7-13(2)18(8-9-19-3)12-15-16(21-5)10-14(20-4)11-17(15)22-6/h1,10-11,13H,8-9,12H2,2-6H3/t13-/m0/s1. The highest BCUT2D eigenvalue weighted by Crippen LogP contribution is 2.35. The Morgan fingerprint density at radius 2 is 1.68 bits per heavy atom. The van der Waals surface area contributed by atoms with Crippen LogP contribution in [0.3, 0.4) is 0 Å². The number of terminal acetylenes is 1. The minimum absolute atomic E-state index is 0.0216. The first kappa shape index (κ1) is 18.1. The Balaban J connectivity index is 3.14. The number of methoxy groups -OCH3 is 4. The molecular formula is C17H25NO4. The van der Waals surface area contributed by atoms with Crippen molar-refractivity contribution in [2.45, 2.75) is 19.5 Å². The number of ether oxygens (including phenoxy) is 4. The van der Waals surface area contributed by atoms with Gasteiger partial charge in [-0.2, -0.15) is 0 Å². The molecule has 0 aliphatic heterocycles. The molecule has 1 aromatic carbocycles. The maximum absolute atomic E-state index is 5.57. The summed E-state index contributed by atoms with van der Waals surface area (Å²) >= 11 is 0. The van der Waals surface area contributed by atoms with Gasteiger partial charge in [-0.05, 0) is 6.92 Å². The molecule has 5 nitrogen and oxygen atoms in total. The van der Waals surface area contributed by atoms with Crippen molar-refractivity contribution in [3.63, 3.8) is 0 Å². The molecule has 0 saturated heterocycles. The average molecular weight is 307 g/mol. The fourth-order valence-electron chi connectivity index (χ4n) is 2.16. The number of hydrogen-bond donors (Lipinski definition) is 0. The van der Waals surface area contributed by atoms with Gasteiger partial charge in [0.2, 0.25) is 0 Å². The number of hydrogen-bond acceptors (Lipinski definition) is 5. The van der Waals surface area contributed by atoms with Gasteiger partial charge in [-0.15, -0.1) is 6.42 Å². The largest absolute Gasteiger partial charge is 0.496 e. The Morgan fingerprint density at radius 1 is 1.09 bits per heavy atom. The molecule has 0 aliphatic carbocycles. The van der Waals surface area contributed by atoms with Gasteiger partial charge in [0, 0.05) is 32.3 Å². The van der Waals surface area contributed by atoms with Crippen LogP contribution in [0.5, 0.6) is 17.2 Å². The molecular weight excluding hydrogens is 282 g/mol. The predicted molar refractivity (Wildman–Crippen MR) is 86.7 cm³/mol. The van der Waals surface area contributed by atoms with Gasteiger partial charge in [-0.3, -0.25) is 4.90 Å². The summed E-state index contributed by atoms with van der Waals surface area (Å²) in [7, 11) is 6.54. The zero-order valence-corrected chi connectivity index (χ0v) is 14.0. The SMILES string of the molecule is C#C[C@H](C)N(CCOC)Cc1c(OC)cc(OC)cc1OC. The minimum Gasteiger partial charge on any atom is -0.496 e. The normalized spacial score (nSPS) is 11.9.